The van der Waals surface area contributed by atoms with Crippen LogP contribution < -0.4 is 9.47 Å². The Labute approximate surface area is 153 Å². The van der Waals surface area contributed by atoms with Crippen molar-refractivity contribution in [1.82, 2.24) is 5.16 Å². The number of nitrogens with zero attached hydrogens (tertiary/aromatic N) is 1. The maximum absolute atomic E-state index is 9.27. The van der Waals surface area contributed by atoms with Crippen LogP contribution in [0, 0.1) is 0 Å². The van der Waals surface area contributed by atoms with Crippen molar-refractivity contribution in [2.24, 2.45) is 0 Å². The van der Waals surface area contributed by atoms with Gasteiger partial charge in [0.05, 0.1) is 12.2 Å². The molecule has 0 aliphatic carbocycles. The van der Waals surface area contributed by atoms with E-state index in [-0.39, 0.29) is 18.1 Å². The third kappa shape index (κ3) is 4.79. The summed E-state index contributed by atoms with van der Waals surface area (Å²) in [5.41, 5.74) is 2.02. The monoisotopic (exact) mass is 353 g/mol. The highest BCUT2D eigenvalue weighted by molar-refractivity contribution is 5.58. The highest BCUT2D eigenvalue weighted by atomic mass is 16.5. The minimum Gasteiger partial charge on any atom is -0.491 e. The molecule has 136 valence electrons. The van der Waals surface area contributed by atoms with Crippen molar-refractivity contribution in [2.45, 2.75) is 39.4 Å². The van der Waals surface area contributed by atoms with E-state index in [9.17, 15) is 5.11 Å². The van der Waals surface area contributed by atoms with E-state index in [4.69, 9.17) is 14.0 Å². The fourth-order valence-electron chi connectivity index (χ4n) is 2.71. The SMILES string of the molecule is CC(C)Oc1cccc(OC(C)Cc2ccc(-c3cc(O)no3)cc2)c1. The van der Waals surface area contributed by atoms with Gasteiger partial charge in [0.15, 0.2) is 5.76 Å². The second-order valence-corrected chi connectivity index (χ2v) is 6.52. The molecule has 1 atom stereocenters. The molecule has 0 bridgehead atoms. The van der Waals surface area contributed by atoms with Gasteiger partial charge in [-0.15, -0.1) is 0 Å². The Kier molecular flexibility index (Phi) is 5.46. The van der Waals surface area contributed by atoms with Crippen LogP contribution in [0.4, 0.5) is 0 Å². The zero-order valence-electron chi connectivity index (χ0n) is 15.2. The number of benzene rings is 2. The molecular formula is C21H23NO4. The topological polar surface area (TPSA) is 64.7 Å². The third-order valence-corrected chi connectivity index (χ3v) is 3.77. The van der Waals surface area contributed by atoms with Crippen molar-refractivity contribution in [3.8, 4) is 28.7 Å². The molecule has 1 unspecified atom stereocenters. The number of aromatic nitrogens is 1. The lowest BCUT2D eigenvalue weighted by atomic mass is 10.1. The average Bonchev–Trinajstić information content (AvgIpc) is 3.01. The molecule has 0 saturated carbocycles. The van der Waals surface area contributed by atoms with Crippen LogP contribution in [0.1, 0.15) is 26.3 Å². The summed E-state index contributed by atoms with van der Waals surface area (Å²) >= 11 is 0. The van der Waals surface area contributed by atoms with Crippen molar-refractivity contribution in [3.05, 3.63) is 60.2 Å². The Balaban J connectivity index is 1.60. The largest absolute Gasteiger partial charge is 0.491 e. The molecule has 0 aliphatic heterocycles. The quantitative estimate of drug-likeness (QED) is 0.658. The molecule has 0 spiro atoms. The van der Waals surface area contributed by atoms with Crippen molar-refractivity contribution >= 4 is 0 Å². The van der Waals surface area contributed by atoms with E-state index in [1.54, 1.807) is 0 Å². The fourth-order valence-corrected chi connectivity index (χ4v) is 2.71. The van der Waals surface area contributed by atoms with Crippen LogP contribution in [0.3, 0.4) is 0 Å². The van der Waals surface area contributed by atoms with Gasteiger partial charge in [-0.25, -0.2) is 0 Å². The van der Waals surface area contributed by atoms with E-state index >= 15 is 0 Å². The summed E-state index contributed by atoms with van der Waals surface area (Å²) < 4.78 is 16.8. The first kappa shape index (κ1) is 17.9. The van der Waals surface area contributed by atoms with Gasteiger partial charge in [0.2, 0.25) is 0 Å². The average molecular weight is 353 g/mol. The molecule has 1 heterocycles. The maximum atomic E-state index is 9.27. The smallest absolute Gasteiger partial charge is 0.252 e. The second-order valence-electron chi connectivity index (χ2n) is 6.52. The summed E-state index contributed by atoms with van der Waals surface area (Å²) in [7, 11) is 0. The highest BCUT2D eigenvalue weighted by Crippen LogP contribution is 2.25. The zero-order valence-corrected chi connectivity index (χ0v) is 15.2. The lowest BCUT2D eigenvalue weighted by Gasteiger charge is -2.16. The van der Waals surface area contributed by atoms with E-state index in [2.05, 4.69) is 5.16 Å². The molecule has 0 amide bonds. The molecule has 1 N–H and O–H groups in total. The minimum absolute atomic E-state index is 0.0180. The molecule has 3 rings (SSSR count). The second kappa shape index (κ2) is 7.95. The number of hydrogen-bond acceptors (Lipinski definition) is 5. The lowest BCUT2D eigenvalue weighted by molar-refractivity contribution is 0.216. The Bertz CT molecular complexity index is 839. The van der Waals surface area contributed by atoms with Crippen LogP contribution in [0.25, 0.3) is 11.3 Å². The number of rotatable bonds is 7. The fraction of sp³-hybridized carbons (Fsp3) is 0.286. The van der Waals surface area contributed by atoms with E-state index in [0.29, 0.717) is 5.76 Å². The van der Waals surface area contributed by atoms with Gasteiger partial charge in [0, 0.05) is 24.1 Å². The Morgan fingerprint density at radius 3 is 2.27 bits per heavy atom. The van der Waals surface area contributed by atoms with Crippen LogP contribution in [-0.2, 0) is 6.42 Å². The van der Waals surface area contributed by atoms with Gasteiger partial charge in [0.1, 0.15) is 11.5 Å². The van der Waals surface area contributed by atoms with E-state index < -0.39 is 0 Å². The summed E-state index contributed by atoms with van der Waals surface area (Å²) in [6.45, 7) is 6.04. The van der Waals surface area contributed by atoms with Gasteiger partial charge in [-0.2, -0.15) is 0 Å². The highest BCUT2D eigenvalue weighted by Gasteiger charge is 2.09. The number of aromatic hydroxyl groups is 1. The van der Waals surface area contributed by atoms with Gasteiger partial charge >= 0.3 is 0 Å². The standard InChI is InChI=1S/C21H23NO4/c1-14(2)24-18-5-4-6-19(12-18)25-15(3)11-16-7-9-17(10-8-16)20-13-21(23)22-26-20/h4-10,12-15H,11H2,1-3H3,(H,22,23). The van der Waals surface area contributed by atoms with E-state index in [1.165, 1.54) is 6.07 Å². The summed E-state index contributed by atoms with van der Waals surface area (Å²) in [5, 5.41) is 12.8. The van der Waals surface area contributed by atoms with Crippen LogP contribution in [0.15, 0.2) is 59.1 Å². The lowest BCUT2D eigenvalue weighted by Crippen LogP contribution is -2.15. The van der Waals surface area contributed by atoms with E-state index in [0.717, 1.165) is 29.0 Å². The predicted octanol–water partition coefficient (Wildman–Crippen LogP) is 4.84. The van der Waals surface area contributed by atoms with Gasteiger partial charge in [-0.05, 0) is 43.6 Å². The molecule has 5 heteroatoms. The van der Waals surface area contributed by atoms with Crippen LogP contribution in [0.2, 0.25) is 0 Å². The summed E-state index contributed by atoms with van der Waals surface area (Å²) in [4.78, 5) is 0. The van der Waals surface area contributed by atoms with E-state index in [1.807, 2.05) is 69.3 Å². The minimum atomic E-state index is -0.116. The van der Waals surface area contributed by atoms with Crippen LogP contribution >= 0.6 is 0 Å². The normalized spacial score (nSPS) is 12.2. The molecular weight excluding hydrogens is 330 g/mol. The zero-order chi connectivity index (χ0) is 18.5. The first-order valence-electron chi connectivity index (χ1n) is 8.68. The first-order valence-corrected chi connectivity index (χ1v) is 8.68. The first-order chi connectivity index (χ1) is 12.5. The molecule has 0 saturated heterocycles. The molecule has 0 fully saturated rings. The Hall–Kier alpha value is -2.95. The maximum Gasteiger partial charge on any atom is 0.252 e. The molecule has 2 aromatic carbocycles. The van der Waals surface area contributed by atoms with Crippen molar-refractivity contribution < 1.29 is 19.1 Å². The Morgan fingerprint density at radius 1 is 0.962 bits per heavy atom. The van der Waals surface area contributed by atoms with Crippen LogP contribution in [-0.4, -0.2) is 22.5 Å². The molecule has 26 heavy (non-hydrogen) atoms. The summed E-state index contributed by atoms with van der Waals surface area (Å²) in [5.74, 6) is 2.03. The summed E-state index contributed by atoms with van der Waals surface area (Å²) in [6, 6.07) is 17.1. The number of ether oxygens (including phenoxy) is 2. The van der Waals surface area contributed by atoms with Crippen molar-refractivity contribution in [3.63, 3.8) is 0 Å². The Morgan fingerprint density at radius 2 is 1.65 bits per heavy atom. The van der Waals surface area contributed by atoms with Crippen LogP contribution in [0.5, 0.6) is 17.4 Å². The van der Waals surface area contributed by atoms with Gasteiger partial charge < -0.3 is 19.1 Å². The van der Waals surface area contributed by atoms with Gasteiger partial charge in [-0.1, -0.05) is 30.3 Å². The number of hydrogen-bond donors (Lipinski definition) is 1. The van der Waals surface area contributed by atoms with Gasteiger partial charge in [0.25, 0.3) is 5.88 Å². The molecule has 3 aromatic rings. The van der Waals surface area contributed by atoms with Gasteiger partial charge in [-0.3, -0.25) is 0 Å². The van der Waals surface area contributed by atoms with Crippen molar-refractivity contribution in [2.75, 3.05) is 0 Å². The molecule has 5 nitrogen and oxygen atoms in total. The molecule has 0 radical (unpaired) electrons. The third-order valence-electron chi connectivity index (χ3n) is 3.77. The molecule has 0 aliphatic rings. The molecule has 1 aromatic heterocycles. The predicted molar refractivity (Wildman–Crippen MR) is 99.6 cm³/mol. The van der Waals surface area contributed by atoms with Crippen molar-refractivity contribution in [1.29, 1.82) is 0 Å². The summed E-state index contributed by atoms with van der Waals surface area (Å²) in [6.07, 6.45) is 0.925.